The Balaban J connectivity index is 4.36. The first-order valence-corrected chi connectivity index (χ1v) is 8.11. The van der Waals surface area contributed by atoms with E-state index in [0.717, 1.165) is 0 Å². The zero-order valence-electron chi connectivity index (χ0n) is 8.64. The third-order valence-electron chi connectivity index (χ3n) is 2.15. The lowest BCUT2D eigenvalue weighted by Gasteiger charge is -2.23. The van der Waals surface area contributed by atoms with Gasteiger partial charge in [-0.1, -0.05) is 0 Å². The summed E-state index contributed by atoms with van der Waals surface area (Å²) in [5, 5.41) is 0. The minimum atomic E-state index is -4.39. The van der Waals surface area contributed by atoms with Crippen LogP contribution in [0.1, 0.15) is 12.8 Å². The standard InChI is InChI=1S/C6H18N2O6P2/c7-4-5(8)6(16(12,13)14)2-1-3-15(9,10)11/h5-6H,1-4,7-8H2,(H2,9,10,11)(H2,12,13,14). The van der Waals surface area contributed by atoms with E-state index in [1.54, 1.807) is 0 Å². The highest BCUT2D eigenvalue weighted by atomic mass is 31.2. The summed E-state index contributed by atoms with van der Waals surface area (Å²) < 4.78 is 21.6. The molecule has 0 saturated heterocycles. The molecular formula is C6H18N2O6P2. The first-order valence-electron chi connectivity index (χ1n) is 4.63. The molecule has 0 rings (SSSR count). The van der Waals surface area contributed by atoms with E-state index in [-0.39, 0.29) is 19.4 Å². The molecule has 0 saturated carbocycles. The van der Waals surface area contributed by atoms with Gasteiger partial charge in [-0.05, 0) is 12.8 Å². The Morgan fingerprint density at radius 3 is 1.94 bits per heavy atom. The Labute approximate surface area is 93.3 Å². The molecule has 0 aromatic heterocycles. The van der Waals surface area contributed by atoms with Crippen LogP contribution in [0.25, 0.3) is 0 Å². The molecule has 2 unspecified atom stereocenters. The predicted molar refractivity (Wildman–Crippen MR) is 59.0 cm³/mol. The van der Waals surface area contributed by atoms with Gasteiger partial charge in [0.2, 0.25) is 0 Å². The molecule has 0 amide bonds. The van der Waals surface area contributed by atoms with Crippen molar-refractivity contribution < 1.29 is 28.7 Å². The number of nitrogens with two attached hydrogens (primary N) is 2. The zero-order chi connectivity index (χ0) is 13.0. The van der Waals surface area contributed by atoms with Gasteiger partial charge < -0.3 is 31.0 Å². The van der Waals surface area contributed by atoms with Gasteiger partial charge in [0.05, 0.1) is 5.66 Å². The number of hydrogen-bond acceptors (Lipinski definition) is 4. The summed E-state index contributed by atoms with van der Waals surface area (Å²) in [4.78, 5) is 35.2. The molecule has 0 radical (unpaired) electrons. The summed E-state index contributed by atoms with van der Waals surface area (Å²) in [6.45, 7) is -0.0916. The highest BCUT2D eigenvalue weighted by Crippen LogP contribution is 2.45. The lowest BCUT2D eigenvalue weighted by molar-refractivity contribution is 0.339. The van der Waals surface area contributed by atoms with Gasteiger partial charge in [0.25, 0.3) is 0 Å². The minimum Gasteiger partial charge on any atom is -0.329 e. The van der Waals surface area contributed by atoms with Crippen molar-refractivity contribution in [2.24, 2.45) is 11.5 Å². The molecular weight excluding hydrogens is 258 g/mol. The Kier molecular flexibility index (Phi) is 6.32. The third kappa shape index (κ3) is 6.73. The molecule has 0 aliphatic carbocycles. The summed E-state index contributed by atoms with van der Waals surface area (Å²) in [5.41, 5.74) is 9.50. The fourth-order valence-corrected chi connectivity index (χ4v) is 3.03. The molecule has 8 nitrogen and oxygen atoms in total. The number of rotatable bonds is 7. The first kappa shape index (κ1) is 16.2. The maximum absolute atomic E-state index is 11.1. The van der Waals surface area contributed by atoms with Crippen molar-refractivity contribution in [3.63, 3.8) is 0 Å². The molecule has 0 heterocycles. The topological polar surface area (TPSA) is 167 Å². The fourth-order valence-electron chi connectivity index (χ4n) is 1.30. The molecule has 10 heteroatoms. The van der Waals surface area contributed by atoms with Crippen LogP contribution < -0.4 is 11.5 Å². The van der Waals surface area contributed by atoms with Crippen molar-refractivity contribution in [1.29, 1.82) is 0 Å². The SMILES string of the molecule is NCC(N)C(CCCP(=O)(O)O)P(=O)(O)O. The van der Waals surface area contributed by atoms with Gasteiger partial charge in [0.15, 0.2) is 0 Å². The van der Waals surface area contributed by atoms with Crippen molar-refractivity contribution in [2.75, 3.05) is 12.7 Å². The lowest BCUT2D eigenvalue weighted by atomic mass is 10.1. The van der Waals surface area contributed by atoms with Gasteiger partial charge in [-0.2, -0.15) is 0 Å². The van der Waals surface area contributed by atoms with Crippen LogP contribution >= 0.6 is 15.2 Å². The molecule has 2 atom stereocenters. The quantitative estimate of drug-likeness (QED) is 0.314. The minimum absolute atomic E-state index is 0.00620. The van der Waals surface area contributed by atoms with Crippen LogP contribution in [0.4, 0.5) is 0 Å². The maximum Gasteiger partial charge on any atom is 0.330 e. The van der Waals surface area contributed by atoms with E-state index in [1.165, 1.54) is 0 Å². The molecule has 0 aromatic rings. The van der Waals surface area contributed by atoms with E-state index < -0.39 is 33.1 Å². The van der Waals surface area contributed by atoms with Gasteiger partial charge in [-0.25, -0.2) is 0 Å². The van der Waals surface area contributed by atoms with Gasteiger partial charge in [0.1, 0.15) is 0 Å². The fraction of sp³-hybridized carbons (Fsp3) is 1.00. The van der Waals surface area contributed by atoms with Crippen LogP contribution in [0.5, 0.6) is 0 Å². The van der Waals surface area contributed by atoms with E-state index in [0.29, 0.717) is 0 Å². The van der Waals surface area contributed by atoms with Crippen LogP contribution in [0.3, 0.4) is 0 Å². The highest BCUT2D eigenvalue weighted by Gasteiger charge is 2.33. The Morgan fingerprint density at radius 2 is 1.62 bits per heavy atom. The monoisotopic (exact) mass is 276 g/mol. The molecule has 0 aliphatic heterocycles. The van der Waals surface area contributed by atoms with E-state index in [1.807, 2.05) is 0 Å². The van der Waals surface area contributed by atoms with E-state index in [9.17, 15) is 9.13 Å². The molecule has 0 aliphatic rings. The van der Waals surface area contributed by atoms with Gasteiger partial charge in [0, 0.05) is 18.7 Å². The van der Waals surface area contributed by atoms with Crippen molar-refractivity contribution in [3.8, 4) is 0 Å². The van der Waals surface area contributed by atoms with Crippen molar-refractivity contribution >= 4 is 15.2 Å². The Bertz CT molecular complexity index is 299. The second kappa shape index (κ2) is 6.23. The summed E-state index contributed by atoms with van der Waals surface area (Å²) in [7, 11) is -8.53. The van der Waals surface area contributed by atoms with Crippen molar-refractivity contribution in [3.05, 3.63) is 0 Å². The van der Waals surface area contributed by atoms with E-state index in [2.05, 4.69) is 0 Å². The first-order chi connectivity index (χ1) is 7.08. The van der Waals surface area contributed by atoms with Gasteiger partial charge in [-0.15, -0.1) is 0 Å². The van der Waals surface area contributed by atoms with Crippen LogP contribution in [0.2, 0.25) is 0 Å². The molecule has 16 heavy (non-hydrogen) atoms. The molecule has 0 bridgehead atoms. The van der Waals surface area contributed by atoms with Crippen LogP contribution in [0, 0.1) is 0 Å². The Hall–Kier alpha value is 0.220. The highest BCUT2D eigenvalue weighted by molar-refractivity contribution is 7.52. The van der Waals surface area contributed by atoms with Crippen LogP contribution in [0.15, 0.2) is 0 Å². The molecule has 0 aromatic carbocycles. The average Bonchev–Trinajstić information content (AvgIpc) is 2.07. The van der Waals surface area contributed by atoms with Crippen molar-refractivity contribution in [2.45, 2.75) is 24.5 Å². The van der Waals surface area contributed by atoms with Gasteiger partial charge in [-0.3, -0.25) is 9.13 Å². The second-order valence-corrected chi connectivity index (χ2v) is 7.20. The van der Waals surface area contributed by atoms with Gasteiger partial charge >= 0.3 is 15.2 Å². The summed E-state index contributed by atoms with van der Waals surface area (Å²) in [5.74, 6) is 0. The normalized spacial score (nSPS) is 17.1. The largest absolute Gasteiger partial charge is 0.330 e. The maximum atomic E-state index is 11.1. The van der Waals surface area contributed by atoms with Crippen molar-refractivity contribution in [1.82, 2.24) is 0 Å². The summed E-state index contributed by atoms with van der Waals surface area (Å²) in [6.07, 6.45) is -0.484. The number of hydrogen-bond donors (Lipinski definition) is 6. The molecule has 8 N–H and O–H groups in total. The second-order valence-electron chi connectivity index (χ2n) is 3.59. The smallest absolute Gasteiger partial charge is 0.329 e. The third-order valence-corrected chi connectivity index (χ3v) is 4.55. The van der Waals surface area contributed by atoms with E-state index in [4.69, 9.17) is 31.0 Å². The van der Waals surface area contributed by atoms with Crippen LogP contribution in [-0.4, -0.2) is 44.0 Å². The lowest BCUT2D eigenvalue weighted by Crippen LogP contribution is -2.41. The van der Waals surface area contributed by atoms with E-state index >= 15 is 0 Å². The molecule has 0 spiro atoms. The Morgan fingerprint density at radius 1 is 1.12 bits per heavy atom. The van der Waals surface area contributed by atoms with Crippen LogP contribution in [-0.2, 0) is 9.13 Å². The summed E-state index contributed by atoms with van der Waals surface area (Å²) >= 11 is 0. The molecule has 98 valence electrons. The summed E-state index contributed by atoms with van der Waals surface area (Å²) in [6, 6.07) is -0.877. The molecule has 0 fully saturated rings. The zero-order valence-corrected chi connectivity index (χ0v) is 10.4. The average molecular weight is 276 g/mol. The predicted octanol–water partition coefficient (Wildman–Crippen LogP) is -1.22.